The van der Waals surface area contributed by atoms with E-state index in [0.29, 0.717) is 12.5 Å². The zero-order valence-corrected chi connectivity index (χ0v) is 12.2. The summed E-state index contributed by atoms with van der Waals surface area (Å²) in [5.41, 5.74) is 0. The van der Waals surface area contributed by atoms with Gasteiger partial charge in [0.2, 0.25) is 5.91 Å². The van der Waals surface area contributed by atoms with Crippen molar-refractivity contribution >= 4 is 17.7 Å². The van der Waals surface area contributed by atoms with Crippen LogP contribution in [-0.4, -0.2) is 70.6 Å². The summed E-state index contributed by atoms with van der Waals surface area (Å²) in [6, 6.07) is -0.0356. The Balaban J connectivity index is 1.89. The maximum atomic E-state index is 12.4. The van der Waals surface area contributed by atoms with Crippen LogP contribution in [0.5, 0.6) is 0 Å². The summed E-state index contributed by atoms with van der Waals surface area (Å²) < 4.78 is 0. The van der Waals surface area contributed by atoms with Crippen LogP contribution in [0.15, 0.2) is 0 Å². The highest BCUT2D eigenvalue weighted by Gasteiger charge is 2.32. The van der Waals surface area contributed by atoms with E-state index in [0.717, 1.165) is 37.6 Å². The van der Waals surface area contributed by atoms with Crippen molar-refractivity contribution in [2.75, 3.05) is 37.7 Å². The first kappa shape index (κ1) is 14.2. The maximum absolute atomic E-state index is 12.4. The second-order valence-electron chi connectivity index (χ2n) is 5.44. The van der Waals surface area contributed by atoms with E-state index < -0.39 is 0 Å². The number of hydrogen-bond donors (Lipinski definition) is 1. The summed E-state index contributed by atoms with van der Waals surface area (Å²) in [6.45, 7) is 7.37. The van der Waals surface area contributed by atoms with Gasteiger partial charge in [-0.3, -0.25) is 9.69 Å². The Labute approximate surface area is 114 Å². The van der Waals surface area contributed by atoms with Crippen molar-refractivity contribution in [3.8, 4) is 0 Å². The van der Waals surface area contributed by atoms with E-state index in [9.17, 15) is 9.90 Å². The van der Waals surface area contributed by atoms with E-state index in [1.807, 2.05) is 23.6 Å². The molecule has 2 rings (SSSR count). The van der Waals surface area contributed by atoms with Crippen molar-refractivity contribution in [2.45, 2.75) is 32.4 Å². The van der Waals surface area contributed by atoms with Crippen LogP contribution in [0, 0.1) is 5.92 Å². The fourth-order valence-corrected chi connectivity index (χ4v) is 3.57. The van der Waals surface area contributed by atoms with Gasteiger partial charge in [0.1, 0.15) is 0 Å². The van der Waals surface area contributed by atoms with Gasteiger partial charge in [-0.1, -0.05) is 6.92 Å². The SMILES string of the molecule is CC1CCN(C(=O)C(C)N2CCSCC2)CC1O. The maximum Gasteiger partial charge on any atom is 0.239 e. The standard InChI is InChI=1S/C13H24N2O2S/c1-10-3-4-15(9-12(10)16)13(17)11(2)14-5-7-18-8-6-14/h10-12,16H,3-9H2,1-2H3. The Kier molecular flexibility index (Phi) is 4.92. The van der Waals surface area contributed by atoms with Crippen LogP contribution in [0.4, 0.5) is 0 Å². The summed E-state index contributed by atoms with van der Waals surface area (Å²) in [6.07, 6.45) is 0.557. The smallest absolute Gasteiger partial charge is 0.239 e. The minimum Gasteiger partial charge on any atom is -0.391 e. The number of carbonyl (C=O) groups is 1. The average molecular weight is 272 g/mol. The van der Waals surface area contributed by atoms with Gasteiger partial charge in [0, 0.05) is 37.7 Å². The largest absolute Gasteiger partial charge is 0.391 e. The van der Waals surface area contributed by atoms with Crippen molar-refractivity contribution in [2.24, 2.45) is 5.92 Å². The molecule has 0 bridgehead atoms. The second-order valence-corrected chi connectivity index (χ2v) is 6.67. The van der Waals surface area contributed by atoms with Gasteiger partial charge in [-0.05, 0) is 19.3 Å². The molecule has 2 aliphatic rings. The predicted octanol–water partition coefficient (Wildman–Crippen LogP) is 0.653. The Hall–Kier alpha value is -0.260. The summed E-state index contributed by atoms with van der Waals surface area (Å²) in [7, 11) is 0. The number of thioether (sulfide) groups is 1. The zero-order valence-electron chi connectivity index (χ0n) is 11.3. The van der Waals surface area contributed by atoms with Crippen molar-refractivity contribution < 1.29 is 9.90 Å². The number of nitrogens with zero attached hydrogens (tertiary/aromatic N) is 2. The molecule has 0 aromatic rings. The van der Waals surface area contributed by atoms with E-state index in [-0.39, 0.29) is 18.1 Å². The van der Waals surface area contributed by atoms with Crippen LogP contribution in [-0.2, 0) is 4.79 Å². The molecule has 1 N–H and O–H groups in total. The van der Waals surface area contributed by atoms with Crippen LogP contribution in [0.25, 0.3) is 0 Å². The third kappa shape index (κ3) is 3.19. The lowest BCUT2D eigenvalue weighted by molar-refractivity contribution is -0.140. The highest BCUT2D eigenvalue weighted by molar-refractivity contribution is 7.99. The summed E-state index contributed by atoms with van der Waals surface area (Å²) in [5.74, 6) is 2.75. The molecule has 3 unspecified atom stereocenters. The fraction of sp³-hybridized carbons (Fsp3) is 0.923. The molecule has 3 atom stereocenters. The Morgan fingerprint density at radius 1 is 1.33 bits per heavy atom. The van der Waals surface area contributed by atoms with Crippen molar-refractivity contribution in [3.63, 3.8) is 0 Å². The highest BCUT2D eigenvalue weighted by atomic mass is 32.2. The van der Waals surface area contributed by atoms with E-state index in [1.54, 1.807) is 0 Å². The summed E-state index contributed by atoms with van der Waals surface area (Å²) in [5, 5.41) is 9.88. The third-order valence-corrected chi connectivity index (χ3v) is 5.12. The Morgan fingerprint density at radius 2 is 2.00 bits per heavy atom. The van der Waals surface area contributed by atoms with Gasteiger partial charge >= 0.3 is 0 Å². The number of piperidine rings is 1. The number of rotatable bonds is 2. The van der Waals surface area contributed by atoms with Crippen LogP contribution < -0.4 is 0 Å². The van der Waals surface area contributed by atoms with Gasteiger partial charge in [-0.25, -0.2) is 0 Å². The molecule has 5 heteroatoms. The highest BCUT2D eigenvalue weighted by Crippen LogP contribution is 2.19. The van der Waals surface area contributed by atoms with Crippen molar-refractivity contribution in [1.29, 1.82) is 0 Å². The normalized spacial score (nSPS) is 32.3. The lowest BCUT2D eigenvalue weighted by Crippen LogP contribution is -2.54. The molecular weight excluding hydrogens is 248 g/mol. The lowest BCUT2D eigenvalue weighted by atomic mass is 9.95. The predicted molar refractivity (Wildman–Crippen MR) is 74.7 cm³/mol. The molecule has 4 nitrogen and oxygen atoms in total. The van der Waals surface area contributed by atoms with Gasteiger partial charge in [0.15, 0.2) is 0 Å². The number of hydrogen-bond acceptors (Lipinski definition) is 4. The summed E-state index contributed by atoms with van der Waals surface area (Å²) >= 11 is 1.96. The van der Waals surface area contributed by atoms with E-state index >= 15 is 0 Å². The number of aliphatic hydroxyl groups excluding tert-OH is 1. The molecule has 0 spiro atoms. The zero-order chi connectivity index (χ0) is 13.1. The topological polar surface area (TPSA) is 43.8 Å². The van der Waals surface area contributed by atoms with Gasteiger partial charge < -0.3 is 10.0 Å². The minimum atomic E-state index is -0.355. The van der Waals surface area contributed by atoms with Gasteiger partial charge in [-0.2, -0.15) is 11.8 Å². The van der Waals surface area contributed by atoms with Crippen molar-refractivity contribution in [1.82, 2.24) is 9.80 Å². The average Bonchev–Trinajstić information content (AvgIpc) is 2.41. The molecule has 2 heterocycles. The van der Waals surface area contributed by atoms with E-state index in [4.69, 9.17) is 0 Å². The van der Waals surface area contributed by atoms with Crippen LogP contribution in [0.3, 0.4) is 0 Å². The molecule has 0 radical (unpaired) electrons. The number of carbonyl (C=O) groups excluding carboxylic acids is 1. The molecule has 1 amide bonds. The molecular formula is C13H24N2O2S. The van der Waals surface area contributed by atoms with Crippen LogP contribution in [0.2, 0.25) is 0 Å². The molecule has 2 aliphatic heterocycles. The first-order chi connectivity index (χ1) is 8.59. The molecule has 0 aromatic carbocycles. The van der Waals surface area contributed by atoms with Gasteiger partial charge in [-0.15, -0.1) is 0 Å². The van der Waals surface area contributed by atoms with Crippen LogP contribution >= 0.6 is 11.8 Å². The third-order valence-electron chi connectivity index (χ3n) is 4.18. The quantitative estimate of drug-likeness (QED) is 0.802. The second kappa shape index (κ2) is 6.26. The molecule has 104 valence electrons. The molecule has 0 saturated carbocycles. The van der Waals surface area contributed by atoms with Gasteiger partial charge in [0.05, 0.1) is 12.1 Å². The van der Waals surface area contributed by atoms with Gasteiger partial charge in [0.25, 0.3) is 0 Å². The molecule has 2 saturated heterocycles. The van der Waals surface area contributed by atoms with Crippen LogP contribution in [0.1, 0.15) is 20.3 Å². The number of amides is 1. The first-order valence-electron chi connectivity index (χ1n) is 6.88. The molecule has 18 heavy (non-hydrogen) atoms. The first-order valence-corrected chi connectivity index (χ1v) is 8.03. The fourth-order valence-electron chi connectivity index (χ4n) is 2.63. The number of likely N-dealkylation sites (tertiary alicyclic amines) is 1. The minimum absolute atomic E-state index is 0.0356. The number of aliphatic hydroxyl groups is 1. The van der Waals surface area contributed by atoms with Crippen molar-refractivity contribution in [3.05, 3.63) is 0 Å². The van der Waals surface area contributed by atoms with E-state index in [1.165, 1.54) is 0 Å². The summed E-state index contributed by atoms with van der Waals surface area (Å²) in [4.78, 5) is 16.5. The molecule has 0 aliphatic carbocycles. The monoisotopic (exact) mass is 272 g/mol. The Morgan fingerprint density at radius 3 is 2.61 bits per heavy atom. The number of β-amino-alcohol motifs (C(OH)–C–C–N with tert-alkyl or cyclic N) is 1. The lowest BCUT2D eigenvalue weighted by Gasteiger charge is -2.39. The Bertz CT molecular complexity index is 291. The van der Waals surface area contributed by atoms with E-state index in [2.05, 4.69) is 11.8 Å². The molecule has 2 fully saturated rings. The molecule has 0 aromatic heterocycles.